The third-order valence-corrected chi connectivity index (χ3v) is 13.1. The van der Waals surface area contributed by atoms with Gasteiger partial charge in [0.1, 0.15) is 22.3 Å². The van der Waals surface area contributed by atoms with Crippen molar-refractivity contribution < 1.29 is 8.83 Å². The van der Waals surface area contributed by atoms with Gasteiger partial charge in [0.05, 0.1) is 0 Å². The Hall–Kier alpha value is -7.30. The first-order chi connectivity index (χ1) is 31.2. The van der Waals surface area contributed by atoms with E-state index in [9.17, 15) is 0 Å². The van der Waals surface area contributed by atoms with Gasteiger partial charge >= 0.3 is 0 Å². The van der Waals surface area contributed by atoms with Crippen LogP contribution >= 0.6 is 0 Å². The highest BCUT2D eigenvalue weighted by Gasteiger charge is 2.24. The quantitative estimate of drug-likeness (QED) is 0.160. The number of benzene rings is 9. The highest BCUT2D eigenvalue weighted by atomic mass is 16.3. The van der Waals surface area contributed by atoms with Crippen molar-refractivity contribution in [2.24, 2.45) is 0 Å². The van der Waals surface area contributed by atoms with Crippen LogP contribution < -0.4 is 9.80 Å². The van der Waals surface area contributed by atoms with Crippen molar-refractivity contribution >= 4 is 99.5 Å². The fraction of sp³-hybridized carbons (Fsp3) is 0.180. The molecule has 65 heavy (non-hydrogen) atoms. The van der Waals surface area contributed by atoms with Gasteiger partial charge in [-0.3, -0.25) is 0 Å². The van der Waals surface area contributed by atoms with Gasteiger partial charge in [0.25, 0.3) is 0 Å². The van der Waals surface area contributed by atoms with Gasteiger partial charge < -0.3 is 18.6 Å². The number of rotatable bonds is 7. The molecule has 2 heterocycles. The molecule has 0 aliphatic heterocycles. The van der Waals surface area contributed by atoms with Crippen LogP contribution in [0.1, 0.15) is 69.8 Å². The van der Waals surface area contributed by atoms with Crippen LogP contribution in [-0.2, 0) is 0 Å². The summed E-state index contributed by atoms with van der Waals surface area (Å²) in [6.45, 7) is 22.0. The fourth-order valence-electron chi connectivity index (χ4n) is 10.8. The maximum atomic E-state index is 6.85. The molecule has 4 heteroatoms. The van der Waals surface area contributed by atoms with Crippen molar-refractivity contribution in [3.63, 3.8) is 0 Å². The highest BCUT2D eigenvalue weighted by Crippen LogP contribution is 2.47. The van der Waals surface area contributed by atoms with Crippen LogP contribution in [0.15, 0.2) is 148 Å². The van der Waals surface area contributed by atoms with Crippen LogP contribution in [0.4, 0.5) is 34.1 Å². The first-order valence-electron chi connectivity index (χ1n) is 22.9. The summed E-state index contributed by atoms with van der Waals surface area (Å²) in [5.74, 6) is 0.215. The second-order valence-electron chi connectivity index (χ2n) is 19.2. The maximum Gasteiger partial charge on any atom is 0.139 e. The summed E-state index contributed by atoms with van der Waals surface area (Å²) >= 11 is 0. The third-order valence-electron chi connectivity index (χ3n) is 13.1. The van der Waals surface area contributed by atoms with Crippen LogP contribution in [0.3, 0.4) is 0 Å². The summed E-state index contributed by atoms with van der Waals surface area (Å²) < 4.78 is 13.7. The fourth-order valence-corrected chi connectivity index (χ4v) is 10.8. The third kappa shape index (κ3) is 7.09. The van der Waals surface area contributed by atoms with Crippen LogP contribution in [-0.4, -0.2) is 0 Å². The van der Waals surface area contributed by atoms with Gasteiger partial charge in [0, 0.05) is 61.7 Å². The van der Waals surface area contributed by atoms with E-state index in [0.29, 0.717) is 0 Å². The minimum absolute atomic E-state index is 0.215. The zero-order chi connectivity index (χ0) is 45.0. The van der Waals surface area contributed by atoms with Crippen molar-refractivity contribution in [3.8, 4) is 0 Å². The highest BCUT2D eigenvalue weighted by molar-refractivity contribution is 6.21. The Morgan fingerprint density at radius 3 is 0.938 bits per heavy atom. The molecule has 0 aliphatic carbocycles. The molecule has 0 saturated carbocycles. The van der Waals surface area contributed by atoms with E-state index in [0.717, 1.165) is 88.8 Å². The molecule has 0 bridgehead atoms. The average Bonchev–Trinajstić information content (AvgIpc) is 3.76. The molecule has 2 aromatic heterocycles. The summed E-state index contributed by atoms with van der Waals surface area (Å²) in [5.41, 5.74) is 21.5. The number of anilines is 6. The zero-order valence-corrected chi connectivity index (χ0v) is 39.1. The molecular formula is C61H54N2O2. The van der Waals surface area contributed by atoms with Crippen molar-refractivity contribution in [1.82, 2.24) is 0 Å². The molecule has 9 aromatic carbocycles. The lowest BCUT2D eigenvalue weighted by atomic mass is 9.91. The van der Waals surface area contributed by atoms with E-state index in [2.05, 4.69) is 219 Å². The molecule has 0 spiro atoms. The summed E-state index contributed by atoms with van der Waals surface area (Å²) in [6, 6.07) is 52.0. The monoisotopic (exact) mass is 846 g/mol. The van der Waals surface area contributed by atoms with E-state index in [-0.39, 0.29) is 5.92 Å². The minimum atomic E-state index is 0.215. The van der Waals surface area contributed by atoms with Crippen LogP contribution in [0.5, 0.6) is 0 Å². The molecule has 0 radical (unpaired) electrons. The zero-order valence-electron chi connectivity index (χ0n) is 39.1. The van der Waals surface area contributed by atoms with Crippen LogP contribution in [0, 0.1) is 55.4 Å². The molecule has 11 rings (SSSR count). The predicted molar refractivity (Wildman–Crippen MR) is 277 cm³/mol. The number of hydrogen-bond acceptors (Lipinski definition) is 4. The molecular weight excluding hydrogens is 793 g/mol. The lowest BCUT2D eigenvalue weighted by Crippen LogP contribution is -2.11. The van der Waals surface area contributed by atoms with Crippen molar-refractivity contribution in [1.29, 1.82) is 0 Å². The minimum Gasteiger partial charge on any atom is -0.456 e. The summed E-state index contributed by atoms with van der Waals surface area (Å²) in [6.07, 6.45) is 0. The van der Waals surface area contributed by atoms with Gasteiger partial charge in [-0.25, -0.2) is 0 Å². The Kier molecular flexibility index (Phi) is 9.44. The van der Waals surface area contributed by atoms with Gasteiger partial charge in [-0.15, -0.1) is 0 Å². The molecule has 0 saturated heterocycles. The molecule has 0 unspecified atom stereocenters. The number of furan rings is 2. The van der Waals surface area contributed by atoms with E-state index in [4.69, 9.17) is 8.83 Å². The number of fused-ring (bicyclic) bond motifs is 8. The SMILES string of the molecule is Cc1cc(C)cc(N(c2cc(C)cc(C)c2)c2ccc3cc4c(cc3c2)oc2cc3oc5cc6cc(N(c7cc(C)cc(C)c7)c7cc(C)cc(C)c7)ccc6cc5c3c(C(C)C)c24)c1. The Labute approximate surface area is 381 Å². The normalized spacial score (nSPS) is 12.0. The first kappa shape index (κ1) is 40.5. The predicted octanol–water partition coefficient (Wildman–Crippen LogP) is 18.3. The molecule has 0 atom stereocenters. The van der Waals surface area contributed by atoms with E-state index in [1.165, 1.54) is 60.8 Å². The molecule has 0 amide bonds. The second kappa shape index (κ2) is 15.2. The number of hydrogen-bond donors (Lipinski definition) is 0. The van der Waals surface area contributed by atoms with Crippen molar-refractivity contribution in [2.75, 3.05) is 9.80 Å². The Bertz CT molecular complexity index is 3330. The Morgan fingerprint density at radius 2 is 0.631 bits per heavy atom. The number of aryl methyl sites for hydroxylation is 8. The molecule has 4 nitrogen and oxygen atoms in total. The van der Waals surface area contributed by atoms with Gasteiger partial charge in [-0.2, -0.15) is 0 Å². The van der Waals surface area contributed by atoms with Crippen molar-refractivity contribution in [3.05, 3.63) is 190 Å². The van der Waals surface area contributed by atoms with E-state index < -0.39 is 0 Å². The van der Waals surface area contributed by atoms with E-state index in [1.54, 1.807) is 0 Å². The lowest BCUT2D eigenvalue weighted by molar-refractivity contribution is 0.655. The maximum absolute atomic E-state index is 6.85. The Morgan fingerprint density at radius 1 is 0.308 bits per heavy atom. The van der Waals surface area contributed by atoms with E-state index in [1.807, 2.05) is 0 Å². The van der Waals surface area contributed by atoms with Gasteiger partial charge in [0.15, 0.2) is 0 Å². The first-order valence-corrected chi connectivity index (χ1v) is 22.9. The van der Waals surface area contributed by atoms with E-state index >= 15 is 0 Å². The van der Waals surface area contributed by atoms with Crippen molar-refractivity contribution in [2.45, 2.75) is 75.2 Å². The van der Waals surface area contributed by atoms with Gasteiger partial charge in [-0.1, -0.05) is 50.2 Å². The molecule has 11 aromatic rings. The largest absolute Gasteiger partial charge is 0.456 e. The molecule has 0 aliphatic rings. The molecule has 0 N–H and O–H groups in total. The summed E-state index contributed by atoms with van der Waals surface area (Å²) in [4.78, 5) is 4.77. The smallest absolute Gasteiger partial charge is 0.139 e. The second-order valence-corrected chi connectivity index (χ2v) is 19.2. The summed E-state index contributed by atoms with van der Waals surface area (Å²) in [7, 11) is 0. The van der Waals surface area contributed by atoms with Gasteiger partial charge in [0.2, 0.25) is 0 Å². The molecule has 0 fully saturated rings. The summed E-state index contributed by atoms with van der Waals surface area (Å²) in [5, 5.41) is 9.20. The average molecular weight is 847 g/mol. The molecule has 320 valence electrons. The lowest BCUT2D eigenvalue weighted by Gasteiger charge is -2.27. The number of nitrogens with zero attached hydrogens (tertiary/aromatic N) is 2. The standard InChI is InChI=1S/C61H54N2O2/c1-34(2)59-60-53-29-43-11-13-47(62(49-19-35(3)15-36(4)20-49)50-21-37(5)16-38(6)22-50)27-45(43)31-55(53)64-57(60)33-58-61(59)54-30-44-12-14-48(28-46(44)32-56(54)65-58)63(51-23-39(7)17-40(8)24-51)52-25-41(9)18-42(10)26-52/h11-34H,1-10H3. The van der Waals surface area contributed by atoms with Crippen LogP contribution in [0.2, 0.25) is 0 Å². The van der Waals surface area contributed by atoms with Gasteiger partial charge in [-0.05, 0) is 230 Å². The Balaban J connectivity index is 1.06. The topological polar surface area (TPSA) is 32.8 Å². The van der Waals surface area contributed by atoms with Crippen LogP contribution in [0.25, 0.3) is 65.4 Å².